The summed E-state index contributed by atoms with van der Waals surface area (Å²) in [7, 11) is 2.09. The standard InChI is InChI=1S/C19H27N5O/c1-14-12-23(3)18-9-5-4-7-17(18)13-24(14)19(25)20-10-6-8-16-11-21-22-15(16)2/h4-5,7,9,11,14H,6,8,10,12-13H2,1-3H3,(H,20,25)(H,21,22)/t14-/m0/s1. The van der Waals surface area contributed by atoms with Gasteiger partial charge in [0.05, 0.1) is 6.20 Å². The first-order valence-electron chi connectivity index (χ1n) is 8.88. The van der Waals surface area contributed by atoms with Gasteiger partial charge in [-0.05, 0) is 43.9 Å². The smallest absolute Gasteiger partial charge is 0.318 e. The molecule has 1 aliphatic heterocycles. The zero-order valence-electron chi connectivity index (χ0n) is 15.2. The summed E-state index contributed by atoms with van der Waals surface area (Å²) in [5.74, 6) is 0. The Hall–Kier alpha value is -2.50. The van der Waals surface area contributed by atoms with Crippen molar-refractivity contribution in [3.63, 3.8) is 0 Å². The van der Waals surface area contributed by atoms with Crippen LogP contribution in [-0.2, 0) is 13.0 Å². The normalized spacial score (nSPS) is 17.2. The van der Waals surface area contributed by atoms with Gasteiger partial charge in [-0.1, -0.05) is 18.2 Å². The number of carbonyl (C=O) groups is 1. The first-order chi connectivity index (χ1) is 12.1. The van der Waals surface area contributed by atoms with Crippen molar-refractivity contribution >= 4 is 11.7 Å². The molecule has 1 aromatic carbocycles. The molecule has 25 heavy (non-hydrogen) atoms. The van der Waals surface area contributed by atoms with Gasteiger partial charge in [0.2, 0.25) is 0 Å². The van der Waals surface area contributed by atoms with Gasteiger partial charge in [-0.25, -0.2) is 4.79 Å². The number of urea groups is 1. The molecular weight excluding hydrogens is 314 g/mol. The van der Waals surface area contributed by atoms with Crippen molar-refractivity contribution in [1.29, 1.82) is 0 Å². The van der Waals surface area contributed by atoms with Crippen LogP contribution >= 0.6 is 0 Å². The van der Waals surface area contributed by atoms with Crippen LogP contribution in [0.3, 0.4) is 0 Å². The number of aromatic nitrogens is 2. The second-order valence-corrected chi connectivity index (χ2v) is 6.84. The highest BCUT2D eigenvalue weighted by Crippen LogP contribution is 2.25. The topological polar surface area (TPSA) is 64.3 Å². The minimum atomic E-state index is 0.0153. The number of aromatic amines is 1. The molecule has 2 aromatic rings. The van der Waals surface area contributed by atoms with Gasteiger partial charge in [0, 0.05) is 44.1 Å². The maximum Gasteiger partial charge on any atom is 0.318 e. The van der Waals surface area contributed by atoms with Gasteiger partial charge in [-0.2, -0.15) is 5.10 Å². The monoisotopic (exact) mass is 341 g/mol. The first kappa shape index (κ1) is 17.3. The van der Waals surface area contributed by atoms with Crippen molar-refractivity contribution in [2.45, 2.75) is 39.3 Å². The number of nitrogens with one attached hydrogen (secondary N) is 2. The molecule has 2 amide bonds. The largest absolute Gasteiger partial charge is 0.372 e. The average Bonchev–Trinajstić information content (AvgIpc) is 2.95. The van der Waals surface area contributed by atoms with Crippen LogP contribution in [0.5, 0.6) is 0 Å². The van der Waals surface area contributed by atoms with Gasteiger partial charge in [0.25, 0.3) is 0 Å². The van der Waals surface area contributed by atoms with Crippen LogP contribution in [0.4, 0.5) is 10.5 Å². The molecule has 134 valence electrons. The Morgan fingerprint density at radius 3 is 2.96 bits per heavy atom. The van der Waals surface area contributed by atoms with E-state index in [-0.39, 0.29) is 12.1 Å². The molecule has 0 radical (unpaired) electrons. The lowest BCUT2D eigenvalue weighted by molar-refractivity contribution is 0.178. The fourth-order valence-electron chi connectivity index (χ4n) is 3.42. The van der Waals surface area contributed by atoms with E-state index in [2.05, 4.69) is 46.5 Å². The number of para-hydroxylation sites is 1. The number of H-pyrrole nitrogens is 1. The summed E-state index contributed by atoms with van der Waals surface area (Å²) in [5, 5.41) is 10.1. The number of anilines is 1. The maximum atomic E-state index is 12.7. The van der Waals surface area contributed by atoms with Gasteiger partial charge in [0.15, 0.2) is 0 Å². The number of fused-ring (bicyclic) bond motifs is 1. The average molecular weight is 341 g/mol. The predicted molar refractivity (Wildman–Crippen MR) is 99.8 cm³/mol. The Morgan fingerprint density at radius 2 is 2.20 bits per heavy atom. The van der Waals surface area contributed by atoms with Crippen molar-refractivity contribution in [3.8, 4) is 0 Å². The van der Waals surface area contributed by atoms with Gasteiger partial charge >= 0.3 is 6.03 Å². The van der Waals surface area contributed by atoms with Crippen LogP contribution in [-0.4, -0.2) is 47.3 Å². The molecule has 0 saturated heterocycles. The number of hydrogen-bond donors (Lipinski definition) is 2. The number of likely N-dealkylation sites (N-methyl/N-ethyl adjacent to an activating group) is 1. The summed E-state index contributed by atoms with van der Waals surface area (Å²) >= 11 is 0. The van der Waals surface area contributed by atoms with Crippen LogP contribution in [0.2, 0.25) is 0 Å². The highest BCUT2D eigenvalue weighted by Gasteiger charge is 2.26. The zero-order valence-corrected chi connectivity index (χ0v) is 15.2. The molecule has 2 heterocycles. The summed E-state index contributed by atoms with van der Waals surface area (Å²) in [6.07, 6.45) is 3.69. The van der Waals surface area contributed by atoms with E-state index < -0.39 is 0 Å². The van der Waals surface area contributed by atoms with Crippen molar-refractivity contribution in [2.24, 2.45) is 0 Å². The number of carbonyl (C=O) groups excluding carboxylic acids is 1. The number of benzene rings is 1. The van der Waals surface area contributed by atoms with Crippen LogP contribution in [0.25, 0.3) is 0 Å². The first-order valence-corrected chi connectivity index (χ1v) is 8.88. The predicted octanol–water partition coefficient (Wildman–Crippen LogP) is 2.70. The summed E-state index contributed by atoms with van der Waals surface area (Å²) in [6.45, 7) is 6.28. The summed E-state index contributed by atoms with van der Waals surface area (Å²) in [5.41, 5.74) is 4.72. The van der Waals surface area contributed by atoms with E-state index in [0.29, 0.717) is 13.1 Å². The zero-order chi connectivity index (χ0) is 17.8. The maximum absolute atomic E-state index is 12.7. The molecule has 6 heteroatoms. The quantitative estimate of drug-likeness (QED) is 0.841. The van der Waals surface area contributed by atoms with Crippen molar-refractivity contribution < 1.29 is 4.79 Å². The molecule has 0 aliphatic carbocycles. The summed E-state index contributed by atoms with van der Waals surface area (Å²) in [4.78, 5) is 16.9. The van der Waals surface area contributed by atoms with Gasteiger partial charge in [0.1, 0.15) is 0 Å². The molecular formula is C19H27N5O. The lowest BCUT2D eigenvalue weighted by Gasteiger charge is -2.28. The molecule has 1 aromatic heterocycles. The minimum Gasteiger partial charge on any atom is -0.372 e. The summed E-state index contributed by atoms with van der Waals surface area (Å²) in [6, 6.07) is 8.48. The van der Waals surface area contributed by atoms with Crippen molar-refractivity contribution in [1.82, 2.24) is 20.4 Å². The minimum absolute atomic E-state index is 0.0153. The molecule has 1 aliphatic rings. The molecule has 1 atom stereocenters. The second-order valence-electron chi connectivity index (χ2n) is 6.84. The van der Waals surface area contributed by atoms with Gasteiger partial charge < -0.3 is 15.1 Å². The molecule has 2 N–H and O–H groups in total. The van der Waals surface area contributed by atoms with Gasteiger partial charge in [-0.15, -0.1) is 0 Å². The number of hydrogen-bond acceptors (Lipinski definition) is 3. The van der Waals surface area contributed by atoms with Crippen molar-refractivity contribution in [2.75, 3.05) is 25.0 Å². The molecule has 0 unspecified atom stereocenters. The van der Waals surface area contributed by atoms with Crippen LogP contribution in [0.15, 0.2) is 30.5 Å². The molecule has 0 bridgehead atoms. The Bertz CT molecular complexity index is 726. The van der Waals surface area contributed by atoms with E-state index in [0.717, 1.165) is 25.1 Å². The lowest BCUT2D eigenvalue weighted by atomic mass is 10.1. The SMILES string of the molecule is Cc1[nH]ncc1CCCNC(=O)N1Cc2ccccc2N(C)C[C@@H]1C. The van der Waals surface area contributed by atoms with E-state index in [1.165, 1.54) is 16.8 Å². The Labute approximate surface area is 149 Å². The van der Waals surface area contributed by atoms with E-state index in [9.17, 15) is 4.79 Å². The van der Waals surface area contributed by atoms with E-state index in [1.54, 1.807) is 0 Å². The van der Waals surface area contributed by atoms with Crippen LogP contribution in [0.1, 0.15) is 30.2 Å². The Kier molecular flexibility index (Phi) is 5.26. The van der Waals surface area contributed by atoms with Crippen LogP contribution in [0, 0.1) is 6.92 Å². The third-order valence-corrected chi connectivity index (χ3v) is 4.91. The highest BCUT2D eigenvalue weighted by atomic mass is 16.2. The van der Waals surface area contributed by atoms with E-state index in [1.807, 2.05) is 30.2 Å². The molecule has 0 saturated carbocycles. The Balaban J connectivity index is 1.57. The fraction of sp³-hybridized carbons (Fsp3) is 0.474. The highest BCUT2D eigenvalue weighted by molar-refractivity contribution is 5.75. The van der Waals surface area contributed by atoms with E-state index >= 15 is 0 Å². The van der Waals surface area contributed by atoms with Gasteiger partial charge in [-0.3, -0.25) is 5.10 Å². The summed E-state index contributed by atoms with van der Waals surface area (Å²) < 4.78 is 0. The van der Waals surface area contributed by atoms with Crippen LogP contribution < -0.4 is 10.2 Å². The molecule has 3 rings (SSSR count). The number of aryl methyl sites for hydroxylation is 2. The molecule has 0 fully saturated rings. The fourth-order valence-corrected chi connectivity index (χ4v) is 3.42. The lowest BCUT2D eigenvalue weighted by Crippen LogP contribution is -2.47. The molecule has 0 spiro atoms. The van der Waals surface area contributed by atoms with Crippen molar-refractivity contribution in [3.05, 3.63) is 47.3 Å². The Morgan fingerprint density at radius 1 is 1.40 bits per heavy atom. The number of rotatable bonds is 4. The van der Waals surface area contributed by atoms with E-state index in [4.69, 9.17) is 0 Å². The third kappa shape index (κ3) is 3.95. The third-order valence-electron chi connectivity index (χ3n) is 4.91. The molecule has 6 nitrogen and oxygen atoms in total. The number of amides is 2. The number of nitrogens with zero attached hydrogens (tertiary/aromatic N) is 3. The second kappa shape index (κ2) is 7.59.